The van der Waals surface area contributed by atoms with E-state index in [1.165, 1.54) is 0 Å². The molecule has 1 aromatic rings. The number of carbonyl (C=O) groups is 2. The Bertz CT molecular complexity index is 623. The fraction of sp³-hybridized carbons (Fsp3) is 0.600. The van der Waals surface area contributed by atoms with Crippen LogP contribution in [0, 0.1) is 5.92 Å². The molecule has 2 fully saturated rings. The molecule has 1 aromatic carbocycles. The van der Waals surface area contributed by atoms with Crippen molar-refractivity contribution in [3.05, 3.63) is 29.8 Å². The average molecular weight is 380 g/mol. The molecular formula is C20H30ClN3O2. The third-order valence-electron chi connectivity index (χ3n) is 5.57. The number of nitrogens with two attached hydrogens (primary N) is 1. The van der Waals surface area contributed by atoms with E-state index in [1.54, 1.807) is 0 Å². The molecule has 0 bridgehead atoms. The number of rotatable bonds is 5. The minimum Gasteiger partial charge on any atom is -0.350 e. The number of amides is 2. The van der Waals surface area contributed by atoms with E-state index in [1.807, 2.05) is 24.3 Å². The predicted octanol–water partition coefficient (Wildman–Crippen LogP) is 3.51. The van der Waals surface area contributed by atoms with Gasteiger partial charge in [-0.15, -0.1) is 12.4 Å². The first kappa shape index (κ1) is 20.7. The molecule has 0 radical (unpaired) electrons. The lowest BCUT2D eigenvalue weighted by molar-refractivity contribution is -0.127. The van der Waals surface area contributed by atoms with Crippen LogP contribution in [0.3, 0.4) is 0 Å². The highest BCUT2D eigenvalue weighted by atomic mass is 35.5. The normalized spacial score (nSPS) is 19.4. The minimum absolute atomic E-state index is 0. The van der Waals surface area contributed by atoms with Crippen LogP contribution in [-0.2, 0) is 16.1 Å². The summed E-state index contributed by atoms with van der Waals surface area (Å²) in [4.78, 5) is 24.7. The summed E-state index contributed by atoms with van der Waals surface area (Å²) in [6.45, 7) is 0.435. The summed E-state index contributed by atoms with van der Waals surface area (Å²) in [6, 6.07) is 7.68. The quantitative estimate of drug-likeness (QED) is 0.731. The molecule has 144 valence electrons. The standard InChI is InChI=1S/C20H29N3O2.ClH/c21-20(11-4-1-5-12-20)19(25)22-14-15-7-6-10-17(13-15)23-18(24)16-8-2-3-9-16;/h6-7,10,13,16H,1-5,8-9,11-12,14,21H2,(H,22,25)(H,23,24);1H. The van der Waals surface area contributed by atoms with Crippen molar-refractivity contribution < 1.29 is 9.59 Å². The van der Waals surface area contributed by atoms with Crippen molar-refractivity contribution in [2.45, 2.75) is 69.9 Å². The van der Waals surface area contributed by atoms with Crippen molar-refractivity contribution in [1.82, 2.24) is 5.32 Å². The topological polar surface area (TPSA) is 84.2 Å². The van der Waals surface area contributed by atoms with E-state index in [0.29, 0.717) is 6.54 Å². The van der Waals surface area contributed by atoms with Gasteiger partial charge in [-0.2, -0.15) is 0 Å². The van der Waals surface area contributed by atoms with Crippen LogP contribution < -0.4 is 16.4 Å². The third kappa shape index (κ3) is 5.21. The minimum atomic E-state index is -0.716. The molecule has 2 saturated carbocycles. The van der Waals surface area contributed by atoms with Crippen molar-refractivity contribution >= 4 is 29.9 Å². The Morgan fingerprint density at radius 2 is 1.77 bits per heavy atom. The number of benzene rings is 1. The van der Waals surface area contributed by atoms with Gasteiger partial charge < -0.3 is 16.4 Å². The Kier molecular flexibility index (Phi) is 7.47. The van der Waals surface area contributed by atoms with Gasteiger partial charge in [0.15, 0.2) is 0 Å². The maximum absolute atomic E-state index is 12.4. The summed E-state index contributed by atoms with van der Waals surface area (Å²) in [6.07, 6.45) is 8.98. The van der Waals surface area contributed by atoms with Crippen molar-refractivity contribution in [2.75, 3.05) is 5.32 Å². The third-order valence-corrected chi connectivity index (χ3v) is 5.57. The van der Waals surface area contributed by atoms with E-state index < -0.39 is 5.54 Å². The van der Waals surface area contributed by atoms with Crippen LogP contribution in [-0.4, -0.2) is 17.4 Å². The van der Waals surface area contributed by atoms with E-state index in [4.69, 9.17) is 5.73 Å². The molecule has 2 aliphatic carbocycles. The molecule has 2 aliphatic rings. The van der Waals surface area contributed by atoms with Crippen molar-refractivity contribution in [1.29, 1.82) is 0 Å². The fourth-order valence-corrected chi connectivity index (χ4v) is 3.96. The van der Waals surface area contributed by atoms with Crippen LogP contribution in [0.1, 0.15) is 63.4 Å². The summed E-state index contributed by atoms with van der Waals surface area (Å²) < 4.78 is 0. The zero-order valence-electron chi connectivity index (χ0n) is 15.3. The van der Waals surface area contributed by atoms with E-state index in [9.17, 15) is 9.59 Å². The average Bonchev–Trinajstić information content (AvgIpc) is 3.15. The van der Waals surface area contributed by atoms with Crippen molar-refractivity contribution in [3.63, 3.8) is 0 Å². The summed E-state index contributed by atoms with van der Waals surface area (Å²) in [7, 11) is 0. The van der Waals surface area contributed by atoms with Gasteiger partial charge in [0.2, 0.25) is 11.8 Å². The number of hydrogen-bond acceptors (Lipinski definition) is 3. The summed E-state index contributed by atoms with van der Waals surface area (Å²) in [5.41, 5.74) is 7.31. The maximum atomic E-state index is 12.4. The van der Waals surface area contributed by atoms with Crippen molar-refractivity contribution in [2.24, 2.45) is 11.7 Å². The molecule has 5 nitrogen and oxygen atoms in total. The van der Waals surface area contributed by atoms with Crippen LogP contribution in [0.25, 0.3) is 0 Å². The number of nitrogens with one attached hydrogen (secondary N) is 2. The van der Waals surface area contributed by atoms with Gasteiger partial charge in [0.25, 0.3) is 0 Å². The summed E-state index contributed by atoms with van der Waals surface area (Å²) in [5, 5.41) is 5.97. The van der Waals surface area contributed by atoms with Gasteiger partial charge in [-0.05, 0) is 43.4 Å². The first-order valence-electron chi connectivity index (χ1n) is 9.54. The molecular weight excluding hydrogens is 350 g/mol. The molecule has 26 heavy (non-hydrogen) atoms. The second-order valence-electron chi connectivity index (χ2n) is 7.57. The van der Waals surface area contributed by atoms with Gasteiger partial charge in [0, 0.05) is 18.2 Å². The molecule has 0 saturated heterocycles. The molecule has 6 heteroatoms. The van der Waals surface area contributed by atoms with Gasteiger partial charge >= 0.3 is 0 Å². The monoisotopic (exact) mass is 379 g/mol. The number of halogens is 1. The Morgan fingerprint density at radius 1 is 1.08 bits per heavy atom. The van der Waals surface area contributed by atoms with E-state index in [2.05, 4.69) is 10.6 Å². The Morgan fingerprint density at radius 3 is 2.46 bits per heavy atom. The molecule has 0 heterocycles. The molecule has 0 aliphatic heterocycles. The smallest absolute Gasteiger partial charge is 0.240 e. The van der Waals surface area contributed by atoms with Gasteiger partial charge in [-0.1, -0.05) is 44.2 Å². The van der Waals surface area contributed by atoms with Crippen LogP contribution in [0.4, 0.5) is 5.69 Å². The first-order valence-corrected chi connectivity index (χ1v) is 9.54. The lowest BCUT2D eigenvalue weighted by Gasteiger charge is -2.31. The van der Waals surface area contributed by atoms with E-state index >= 15 is 0 Å². The van der Waals surface area contributed by atoms with Gasteiger partial charge in [0.1, 0.15) is 0 Å². The highest BCUT2D eigenvalue weighted by Gasteiger charge is 2.34. The van der Waals surface area contributed by atoms with Gasteiger partial charge in [-0.25, -0.2) is 0 Å². The van der Waals surface area contributed by atoms with Crippen molar-refractivity contribution in [3.8, 4) is 0 Å². The van der Waals surface area contributed by atoms with Crippen LogP contribution >= 0.6 is 12.4 Å². The summed E-state index contributed by atoms with van der Waals surface area (Å²) in [5.74, 6) is 0.196. The lowest BCUT2D eigenvalue weighted by Crippen LogP contribution is -2.54. The zero-order chi connectivity index (χ0) is 17.7. The first-order chi connectivity index (χ1) is 12.1. The van der Waals surface area contributed by atoms with Crippen LogP contribution in [0.2, 0.25) is 0 Å². The van der Waals surface area contributed by atoms with Gasteiger partial charge in [0.05, 0.1) is 5.54 Å². The van der Waals surface area contributed by atoms with Crippen LogP contribution in [0.15, 0.2) is 24.3 Å². The molecule has 0 spiro atoms. The number of hydrogen-bond donors (Lipinski definition) is 3. The number of anilines is 1. The second-order valence-corrected chi connectivity index (χ2v) is 7.57. The summed E-state index contributed by atoms with van der Waals surface area (Å²) >= 11 is 0. The SMILES string of the molecule is Cl.NC1(C(=O)NCc2cccc(NC(=O)C3CCCC3)c2)CCCCC1. The Balaban J connectivity index is 0.00000243. The predicted molar refractivity (Wildman–Crippen MR) is 106 cm³/mol. The highest BCUT2D eigenvalue weighted by Crippen LogP contribution is 2.27. The molecule has 3 rings (SSSR count). The second kappa shape index (κ2) is 9.38. The molecule has 0 atom stereocenters. The zero-order valence-corrected chi connectivity index (χ0v) is 16.1. The lowest BCUT2D eigenvalue weighted by atomic mass is 9.82. The molecule has 0 aromatic heterocycles. The number of carbonyl (C=O) groups excluding carboxylic acids is 2. The fourth-order valence-electron chi connectivity index (χ4n) is 3.96. The molecule has 2 amide bonds. The van der Waals surface area contributed by atoms with Gasteiger partial charge in [-0.3, -0.25) is 9.59 Å². The van der Waals surface area contributed by atoms with Crippen LogP contribution in [0.5, 0.6) is 0 Å². The Hall–Kier alpha value is -1.59. The van der Waals surface area contributed by atoms with E-state index in [0.717, 1.165) is 69.0 Å². The van der Waals surface area contributed by atoms with E-state index in [-0.39, 0.29) is 30.1 Å². The highest BCUT2D eigenvalue weighted by molar-refractivity contribution is 5.92. The largest absolute Gasteiger partial charge is 0.350 e. The molecule has 4 N–H and O–H groups in total. The maximum Gasteiger partial charge on any atom is 0.240 e. The Labute approximate surface area is 161 Å². The molecule has 0 unspecified atom stereocenters.